The molecule has 0 saturated carbocycles. The van der Waals surface area contributed by atoms with Gasteiger partial charge in [-0.3, -0.25) is 4.98 Å². The summed E-state index contributed by atoms with van der Waals surface area (Å²) < 4.78 is 15.8. The third-order valence-electron chi connectivity index (χ3n) is 3.42. The highest BCUT2D eigenvalue weighted by Crippen LogP contribution is 2.27. The molecule has 0 aliphatic rings. The maximum Gasteiger partial charge on any atom is 0.151 e. The molecule has 0 spiro atoms. The number of nitrogens with zero attached hydrogens (tertiary/aromatic N) is 3. The first-order valence-electron chi connectivity index (χ1n) is 6.33. The van der Waals surface area contributed by atoms with E-state index in [2.05, 4.69) is 9.97 Å². The van der Waals surface area contributed by atoms with Crippen molar-refractivity contribution in [2.24, 2.45) is 0 Å². The standard InChI is InChI=1S/C15H13ClFN3/c1-10(11-4-3-7-18-9-11)20-13-6-2-5-12(17)15(13)19-14(20)8-16/h2-7,9-10H,8H2,1H3. The first kappa shape index (κ1) is 13.1. The number of hydrogen-bond acceptors (Lipinski definition) is 2. The Morgan fingerprint density at radius 1 is 1.30 bits per heavy atom. The van der Waals surface area contributed by atoms with Gasteiger partial charge in [0, 0.05) is 12.4 Å². The average Bonchev–Trinajstić information content (AvgIpc) is 2.87. The number of fused-ring (bicyclic) bond motifs is 1. The summed E-state index contributed by atoms with van der Waals surface area (Å²) in [4.78, 5) is 8.44. The van der Waals surface area contributed by atoms with E-state index in [-0.39, 0.29) is 17.7 Å². The Kier molecular flexibility index (Phi) is 3.40. The summed E-state index contributed by atoms with van der Waals surface area (Å²) in [6.45, 7) is 2.03. The number of hydrogen-bond donors (Lipinski definition) is 0. The molecule has 0 radical (unpaired) electrons. The van der Waals surface area contributed by atoms with E-state index in [4.69, 9.17) is 11.6 Å². The Hall–Kier alpha value is -1.94. The van der Waals surface area contributed by atoms with Gasteiger partial charge in [-0.15, -0.1) is 11.6 Å². The summed E-state index contributed by atoms with van der Waals surface area (Å²) in [5.74, 6) is 0.563. The Bertz CT molecular complexity index is 739. The number of alkyl halides is 1. The largest absolute Gasteiger partial charge is 0.319 e. The number of pyridine rings is 1. The molecule has 0 saturated heterocycles. The van der Waals surface area contributed by atoms with Crippen LogP contribution < -0.4 is 0 Å². The number of aromatic nitrogens is 3. The summed E-state index contributed by atoms with van der Waals surface area (Å²) >= 11 is 5.97. The van der Waals surface area contributed by atoms with Gasteiger partial charge < -0.3 is 4.57 Å². The monoisotopic (exact) mass is 289 g/mol. The van der Waals surface area contributed by atoms with Crippen LogP contribution in [0.25, 0.3) is 11.0 Å². The van der Waals surface area contributed by atoms with Gasteiger partial charge in [0.15, 0.2) is 5.82 Å². The molecule has 3 nitrogen and oxygen atoms in total. The number of imidazole rings is 1. The predicted molar refractivity (Wildman–Crippen MR) is 77.3 cm³/mol. The van der Waals surface area contributed by atoms with Crippen molar-refractivity contribution in [1.82, 2.24) is 14.5 Å². The molecule has 1 atom stereocenters. The number of rotatable bonds is 3. The molecule has 3 aromatic rings. The number of benzene rings is 1. The normalized spacial score (nSPS) is 12.8. The van der Waals surface area contributed by atoms with Crippen LogP contribution in [0, 0.1) is 5.82 Å². The lowest BCUT2D eigenvalue weighted by molar-refractivity contribution is 0.631. The van der Waals surface area contributed by atoms with Gasteiger partial charge in [0.2, 0.25) is 0 Å². The van der Waals surface area contributed by atoms with Crippen molar-refractivity contribution in [3.05, 3.63) is 59.9 Å². The summed E-state index contributed by atoms with van der Waals surface area (Å²) in [7, 11) is 0. The minimum absolute atomic E-state index is 0.00995. The maximum absolute atomic E-state index is 13.9. The van der Waals surface area contributed by atoms with Crippen LogP contribution in [0.3, 0.4) is 0 Å². The Morgan fingerprint density at radius 2 is 2.15 bits per heavy atom. The van der Waals surface area contributed by atoms with Crippen molar-refractivity contribution >= 4 is 22.6 Å². The van der Waals surface area contributed by atoms with Crippen molar-refractivity contribution in [3.63, 3.8) is 0 Å². The van der Waals surface area contributed by atoms with Crippen molar-refractivity contribution in [2.75, 3.05) is 0 Å². The molecule has 3 rings (SSSR count). The quantitative estimate of drug-likeness (QED) is 0.684. The lowest BCUT2D eigenvalue weighted by Gasteiger charge is -2.17. The molecule has 2 aromatic heterocycles. The van der Waals surface area contributed by atoms with Gasteiger partial charge >= 0.3 is 0 Å². The van der Waals surface area contributed by atoms with Crippen molar-refractivity contribution < 1.29 is 4.39 Å². The van der Waals surface area contributed by atoms with E-state index in [1.807, 2.05) is 29.7 Å². The predicted octanol–water partition coefficient (Wildman–Crippen LogP) is 3.92. The Morgan fingerprint density at radius 3 is 2.85 bits per heavy atom. The topological polar surface area (TPSA) is 30.7 Å². The smallest absolute Gasteiger partial charge is 0.151 e. The highest BCUT2D eigenvalue weighted by Gasteiger charge is 2.18. The number of para-hydroxylation sites is 1. The van der Waals surface area contributed by atoms with Gasteiger partial charge in [0.25, 0.3) is 0 Å². The molecular weight excluding hydrogens is 277 g/mol. The van der Waals surface area contributed by atoms with E-state index in [0.717, 1.165) is 11.1 Å². The maximum atomic E-state index is 13.9. The first-order chi connectivity index (χ1) is 9.72. The SMILES string of the molecule is CC(c1cccnc1)n1c(CCl)nc2c(F)cccc21. The average molecular weight is 290 g/mol. The Labute approximate surface area is 121 Å². The minimum atomic E-state index is -0.328. The van der Waals surface area contributed by atoms with Crippen LogP contribution in [0.1, 0.15) is 24.4 Å². The van der Waals surface area contributed by atoms with Crippen LogP contribution in [0.4, 0.5) is 4.39 Å². The highest BCUT2D eigenvalue weighted by atomic mass is 35.5. The molecule has 0 fully saturated rings. The molecule has 1 unspecified atom stereocenters. The van der Waals surface area contributed by atoms with Gasteiger partial charge in [-0.05, 0) is 30.7 Å². The van der Waals surface area contributed by atoms with E-state index < -0.39 is 0 Å². The molecule has 0 N–H and O–H groups in total. The Balaban J connectivity index is 2.22. The molecule has 5 heteroatoms. The zero-order valence-electron chi connectivity index (χ0n) is 10.9. The molecular formula is C15H13ClFN3. The minimum Gasteiger partial charge on any atom is -0.319 e. The summed E-state index contributed by atoms with van der Waals surface area (Å²) in [6, 6.07) is 8.81. The fraction of sp³-hybridized carbons (Fsp3) is 0.200. The first-order valence-corrected chi connectivity index (χ1v) is 6.87. The van der Waals surface area contributed by atoms with Crippen molar-refractivity contribution in [3.8, 4) is 0 Å². The third-order valence-corrected chi connectivity index (χ3v) is 3.66. The van der Waals surface area contributed by atoms with Gasteiger partial charge in [0.1, 0.15) is 11.3 Å². The van der Waals surface area contributed by atoms with E-state index in [9.17, 15) is 4.39 Å². The fourth-order valence-corrected chi connectivity index (χ4v) is 2.62. The third kappa shape index (κ3) is 2.06. The molecule has 0 aliphatic carbocycles. The summed E-state index contributed by atoms with van der Waals surface area (Å²) in [5, 5.41) is 0. The summed E-state index contributed by atoms with van der Waals surface area (Å²) in [6.07, 6.45) is 3.53. The van der Waals surface area contributed by atoms with Crippen LogP contribution in [0.2, 0.25) is 0 Å². The van der Waals surface area contributed by atoms with Crippen LogP contribution in [-0.4, -0.2) is 14.5 Å². The fourth-order valence-electron chi connectivity index (χ4n) is 2.43. The van der Waals surface area contributed by atoms with E-state index in [1.54, 1.807) is 18.5 Å². The highest BCUT2D eigenvalue weighted by molar-refractivity contribution is 6.16. The molecule has 20 heavy (non-hydrogen) atoms. The molecule has 2 heterocycles. The van der Waals surface area contributed by atoms with Gasteiger partial charge in [-0.1, -0.05) is 12.1 Å². The van der Waals surface area contributed by atoms with Gasteiger partial charge in [-0.2, -0.15) is 0 Å². The van der Waals surface area contributed by atoms with Crippen LogP contribution in [-0.2, 0) is 5.88 Å². The zero-order chi connectivity index (χ0) is 14.1. The second kappa shape index (κ2) is 5.21. The van der Waals surface area contributed by atoms with Gasteiger partial charge in [-0.25, -0.2) is 9.37 Å². The lowest BCUT2D eigenvalue weighted by Crippen LogP contribution is -2.10. The molecule has 0 bridgehead atoms. The van der Waals surface area contributed by atoms with Crippen LogP contribution in [0.5, 0.6) is 0 Å². The van der Waals surface area contributed by atoms with Crippen molar-refractivity contribution in [1.29, 1.82) is 0 Å². The van der Waals surface area contributed by atoms with E-state index in [0.29, 0.717) is 11.3 Å². The second-order valence-electron chi connectivity index (χ2n) is 4.60. The number of halogens is 2. The molecule has 0 aliphatic heterocycles. The van der Waals surface area contributed by atoms with E-state index >= 15 is 0 Å². The lowest BCUT2D eigenvalue weighted by atomic mass is 10.1. The second-order valence-corrected chi connectivity index (χ2v) is 4.87. The molecule has 1 aromatic carbocycles. The molecule has 0 amide bonds. The zero-order valence-corrected chi connectivity index (χ0v) is 11.7. The van der Waals surface area contributed by atoms with Gasteiger partial charge in [0.05, 0.1) is 17.4 Å². The van der Waals surface area contributed by atoms with E-state index in [1.165, 1.54) is 6.07 Å². The molecule has 102 valence electrons. The van der Waals surface area contributed by atoms with Crippen molar-refractivity contribution in [2.45, 2.75) is 18.8 Å². The van der Waals surface area contributed by atoms with Crippen LogP contribution >= 0.6 is 11.6 Å². The summed E-state index contributed by atoms with van der Waals surface area (Å²) in [5.41, 5.74) is 2.14. The van der Waals surface area contributed by atoms with Crippen LogP contribution in [0.15, 0.2) is 42.7 Å².